The SMILES string of the molecule is O=c1ccc(-n2ccnc2)nn1CC1CCCN1c1ncnc2c1CCCC2. The van der Waals surface area contributed by atoms with Crippen molar-refractivity contribution < 1.29 is 0 Å². The summed E-state index contributed by atoms with van der Waals surface area (Å²) in [6, 6.07) is 3.52. The van der Waals surface area contributed by atoms with E-state index in [1.807, 2.05) is 10.8 Å². The van der Waals surface area contributed by atoms with Gasteiger partial charge >= 0.3 is 0 Å². The van der Waals surface area contributed by atoms with Gasteiger partial charge in [-0.25, -0.2) is 19.6 Å². The predicted molar refractivity (Wildman–Crippen MR) is 105 cm³/mol. The number of hydrogen-bond donors (Lipinski definition) is 0. The monoisotopic (exact) mass is 377 g/mol. The van der Waals surface area contributed by atoms with E-state index in [9.17, 15) is 4.79 Å². The summed E-state index contributed by atoms with van der Waals surface area (Å²) in [6.07, 6.45) is 13.5. The summed E-state index contributed by atoms with van der Waals surface area (Å²) in [5, 5.41) is 4.56. The van der Waals surface area contributed by atoms with Crippen LogP contribution >= 0.6 is 0 Å². The van der Waals surface area contributed by atoms with Crippen molar-refractivity contribution in [2.75, 3.05) is 11.4 Å². The summed E-state index contributed by atoms with van der Waals surface area (Å²) in [5.74, 6) is 1.76. The first kappa shape index (κ1) is 17.1. The van der Waals surface area contributed by atoms with Gasteiger partial charge in [0.1, 0.15) is 18.5 Å². The molecule has 2 aliphatic rings. The molecule has 0 saturated carbocycles. The second-order valence-electron chi connectivity index (χ2n) is 7.50. The molecule has 0 bridgehead atoms. The summed E-state index contributed by atoms with van der Waals surface area (Å²) in [6.45, 7) is 1.52. The fraction of sp³-hybridized carbons (Fsp3) is 0.450. The third-order valence-electron chi connectivity index (χ3n) is 5.76. The lowest BCUT2D eigenvalue weighted by atomic mass is 9.96. The summed E-state index contributed by atoms with van der Waals surface area (Å²) < 4.78 is 3.38. The lowest BCUT2D eigenvalue weighted by Crippen LogP contribution is -2.38. The Balaban J connectivity index is 1.45. The minimum atomic E-state index is -0.0829. The van der Waals surface area contributed by atoms with Gasteiger partial charge in [0.05, 0.1) is 12.6 Å². The lowest BCUT2D eigenvalue weighted by molar-refractivity contribution is 0.483. The molecule has 8 heteroatoms. The first-order valence-corrected chi connectivity index (χ1v) is 9.95. The zero-order valence-corrected chi connectivity index (χ0v) is 15.7. The maximum Gasteiger partial charge on any atom is 0.266 e. The third kappa shape index (κ3) is 3.08. The van der Waals surface area contributed by atoms with Crippen LogP contribution in [-0.2, 0) is 19.4 Å². The Kier molecular flexibility index (Phi) is 4.38. The van der Waals surface area contributed by atoms with Gasteiger partial charge < -0.3 is 4.90 Å². The lowest BCUT2D eigenvalue weighted by Gasteiger charge is -2.29. The van der Waals surface area contributed by atoms with Gasteiger partial charge in [-0.2, -0.15) is 5.10 Å². The molecular formula is C20H23N7O. The van der Waals surface area contributed by atoms with E-state index >= 15 is 0 Å². The first-order chi connectivity index (χ1) is 13.8. The van der Waals surface area contributed by atoms with Crippen LogP contribution in [0.15, 0.2) is 42.0 Å². The van der Waals surface area contributed by atoms with Gasteiger partial charge in [0.25, 0.3) is 5.56 Å². The molecule has 0 amide bonds. The van der Waals surface area contributed by atoms with Gasteiger partial charge in [0.15, 0.2) is 5.82 Å². The zero-order valence-electron chi connectivity index (χ0n) is 15.7. The quantitative estimate of drug-likeness (QED) is 0.689. The molecule has 1 unspecified atom stereocenters. The van der Waals surface area contributed by atoms with Crippen LogP contribution in [0.4, 0.5) is 5.82 Å². The minimum Gasteiger partial charge on any atom is -0.351 e. The molecule has 5 rings (SSSR count). The van der Waals surface area contributed by atoms with E-state index in [2.05, 4.69) is 25.0 Å². The fourth-order valence-corrected chi connectivity index (χ4v) is 4.36. The van der Waals surface area contributed by atoms with E-state index in [1.165, 1.54) is 24.1 Å². The Hall–Kier alpha value is -3.03. The van der Waals surface area contributed by atoms with Crippen LogP contribution in [0.2, 0.25) is 0 Å². The highest BCUT2D eigenvalue weighted by Crippen LogP contribution is 2.32. The number of aromatic nitrogens is 6. The highest BCUT2D eigenvalue weighted by Gasteiger charge is 2.30. The van der Waals surface area contributed by atoms with E-state index in [-0.39, 0.29) is 11.6 Å². The van der Waals surface area contributed by atoms with Crippen molar-refractivity contribution in [3.8, 4) is 5.82 Å². The Morgan fingerprint density at radius 2 is 2.04 bits per heavy atom. The van der Waals surface area contributed by atoms with Gasteiger partial charge in [0, 0.05) is 36.3 Å². The van der Waals surface area contributed by atoms with Crippen LogP contribution in [0, 0.1) is 0 Å². The topological polar surface area (TPSA) is 81.7 Å². The zero-order chi connectivity index (χ0) is 18.9. The van der Waals surface area contributed by atoms with Crippen molar-refractivity contribution in [2.45, 2.75) is 51.1 Å². The van der Waals surface area contributed by atoms with Gasteiger partial charge in [-0.1, -0.05) is 0 Å². The van der Waals surface area contributed by atoms with Gasteiger partial charge in [-0.05, 0) is 44.6 Å². The molecule has 0 N–H and O–H groups in total. The maximum absolute atomic E-state index is 12.4. The summed E-state index contributed by atoms with van der Waals surface area (Å²) in [5.41, 5.74) is 2.41. The van der Waals surface area contributed by atoms with Crippen LogP contribution < -0.4 is 10.5 Å². The highest BCUT2D eigenvalue weighted by atomic mass is 16.1. The molecule has 28 heavy (non-hydrogen) atoms. The number of anilines is 1. The molecule has 1 atom stereocenters. The predicted octanol–water partition coefficient (Wildman–Crippen LogP) is 1.77. The Morgan fingerprint density at radius 1 is 1.11 bits per heavy atom. The molecular weight excluding hydrogens is 354 g/mol. The smallest absolute Gasteiger partial charge is 0.266 e. The van der Waals surface area contributed by atoms with Crippen molar-refractivity contribution in [1.82, 2.24) is 29.3 Å². The largest absolute Gasteiger partial charge is 0.351 e. The number of rotatable bonds is 4. The second-order valence-corrected chi connectivity index (χ2v) is 7.50. The molecule has 8 nitrogen and oxygen atoms in total. The van der Waals surface area contributed by atoms with Crippen LogP contribution in [0.3, 0.4) is 0 Å². The number of nitrogens with zero attached hydrogens (tertiary/aromatic N) is 7. The van der Waals surface area contributed by atoms with Crippen molar-refractivity contribution >= 4 is 5.82 Å². The van der Waals surface area contributed by atoms with Gasteiger partial charge in [0.2, 0.25) is 0 Å². The molecule has 0 aromatic carbocycles. The maximum atomic E-state index is 12.4. The van der Waals surface area contributed by atoms with Gasteiger partial charge in [-0.15, -0.1) is 0 Å². The fourth-order valence-electron chi connectivity index (χ4n) is 4.36. The Bertz CT molecular complexity index is 1030. The third-order valence-corrected chi connectivity index (χ3v) is 5.76. The molecule has 3 aromatic rings. The summed E-state index contributed by atoms with van der Waals surface area (Å²) in [7, 11) is 0. The average molecular weight is 377 g/mol. The molecule has 3 aromatic heterocycles. The number of hydrogen-bond acceptors (Lipinski definition) is 6. The Labute approximate surface area is 162 Å². The number of imidazole rings is 1. The molecule has 0 spiro atoms. The van der Waals surface area contributed by atoms with Crippen LogP contribution in [0.1, 0.15) is 36.9 Å². The Morgan fingerprint density at radius 3 is 2.93 bits per heavy atom. The molecule has 0 radical (unpaired) electrons. The van der Waals surface area contributed by atoms with Crippen LogP contribution in [-0.4, -0.2) is 41.9 Å². The van der Waals surface area contributed by atoms with E-state index in [0.717, 1.165) is 38.0 Å². The highest BCUT2D eigenvalue weighted by molar-refractivity contribution is 5.51. The standard InChI is InChI=1S/C20H23N7O/c28-19-8-7-18(25-11-9-21-14-25)24-27(19)12-15-4-3-10-26(15)20-16-5-1-2-6-17(16)22-13-23-20/h7-9,11,13-15H,1-6,10,12H2. The normalized spacial score (nSPS) is 19.0. The molecule has 1 fully saturated rings. The second kappa shape index (κ2) is 7.18. The number of aryl methyl sites for hydroxylation is 1. The van der Waals surface area contributed by atoms with E-state index in [0.29, 0.717) is 12.4 Å². The summed E-state index contributed by atoms with van der Waals surface area (Å²) >= 11 is 0. The molecule has 144 valence electrons. The average Bonchev–Trinajstić information content (AvgIpc) is 3.41. The van der Waals surface area contributed by atoms with Crippen molar-refractivity contribution in [2.24, 2.45) is 0 Å². The van der Waals surface area contributed by atoms with Crippen molar-refractivity contribution in [1.29, 1.82) is 0 Å². The van der Waals surface area contributed by atoms with E-state index in [1.54, 1.807) is 35.7 Å². The minimum absolute atomic E-state index is 0.0829. The number of fused-ring (bicyclic) bond motifs is 1. The van der Waals surface area contributed by atoms with Gasteiger partial charge in [-0.3, -0.25) is 9.36 Å². The van der Waals surface area contributed by atoms with Crippen molar-refractivity contribution in [3.63, 3.8) is 0 Å². The summed E-state index contributed by atoms with van der Waals surface area (Å²) in [4.78, 5) is 28.0. The van der Waals surface area contributed by atoms with E-state index < -0.39 is 0 Å². The van der Waals surface area contributed by atoms with Crippen LogP contribution in [0.25, 0.3) is 5.82 Å². The molecule has 1 saturated heterocycles. The van der Waals surface area contributed by atoms with Crippen molar-refractivity contribution in [3.05, 3.63) is 58.8 Å². The molecule has 1 aliphatic carbocycles. The first-order valence-electron chi connectivity index (χ1n) is 9.95. The molecule has 1 aliphatic heterocycles. The van der Waals surface area contributed by atoms with Crippen LogP contribution in [0.5, 0.6) is 0 Å². The molecule has 4 heterocycles. The van der Waals surface area contributed by atoms with E-state index in [4.69, 9.17) is 0 Å².